The lowest BCUT2D eigenvalue weighted by molar-refractivity contribution is 0.422. The minimum Gasteiger partial charge on any atom is -0.364 e. The van der Waals surface area contributed by atoms with E-state index in [1.165, 1.54) is 21.5 Å². The van der Waals surface area contributed by atoms with Crippen LogP contribution in [0.25, 0.3) is 32.8 Å². The van der Waals surface area contributed by atoms with E-state index >= 15 is 0 Å². The van der Waals surface area contributed by atoms with E-state index in [1.54, 1.807) is 6.26 Å². The number of nitrogens with zero attached hydrogens (tertiary/aromatic N) is 1. The standard InChI is InChI=1S/C17H11NO/c1-2-4-13-10-16-11-15(17-7-8-19-18-17)6-5-14(16)9-12(13)3-1/h1-11H. The van der Waals surface area contributed by atoms with Gasteiger partial charge in [-0.3, -0.25) is 0 Å². The molecule has 4 aromatic rings. The fourth-order valence-corrected chi connectivity index (χ4v) is 2.46. The van der Waals surface area contributed by atoms with E-state index in [1.807, 2.05) is 6.07 Å². The molecule has 4 rings (SSSR count). The summed E-state index contributed by atoms with van der Waals surface area (Å²) in [6.45, 7) is 0. The van der Waals surface area contributed by atoms with Crippen molar-refractivity contribution >= 4 is 21.5 Å². The van der Waals surface area contributed by atoms with Crippen LogP contribution in [-0.4, -0.2) is 5.16 Å². The summed E-state index contributed by atoms with van der Waals surface area (Å²) in [4.78, 5) is 0. The second-order valence-corrected chi connectivity index (χ2v) is 4.65. The fraction of sp³-hybridized carbons (Fsp3) is 0. The Kier molecular flexibility index (Phi) is 2.15. The lowest BCUT2D eigenvalue weighted by Gasteiger charge is -2.04. The Morgan fingerprint density at radius 2 is 1.42 bits per heavy atom. The maximum Gasteiger partial charge on any atom is 0.124 e. The van der Waals surface area contributed by atoms with Crippen molar-refractivity contribution in [2.75, 3.05) is 0 Å². The first-order chi connectivity index (χ1) is 9.40. The molecular formula is C17H11NO. The van der Waals surface area contributed by atoms with Crippen molar-refractivity contribution in [3.8, 4) is 11.3 Å². The van der Waals surface area contributed by atoms with Crippen molar-refractivity contribution in [3.05, 3.63) is 66.9 Å². The van der Waals surface area contributed by atoms with Gasteiger partial charge < -0.3 is 4.52 Å². The highest BCUT2D eigenvalue weighted by atomic mass is 16.5. The first kappa shape index (κ1) is 10.3. The third-order valence-electron chi connectivity index (χ3n) is 3.44. The highest BCUT2D eigenvalue weighted by Crippen LogP contribution is 2.27. The summed E-state index contributed by atoms with van der Waals surface area (Å²) in [5.41, 5.74) is 1.95. The van der Waals surface area contributed by atoms with Crippen LogP contribution in [-0.2, 0) is 0 Å². The van der Waals surface area contributed by atoms with Gasteiger partial charge in [0, 0.05) is 11.6 Å². The van der Waals surface area contributed by atoms with Gasteiger partial charge >= 0.3 is 0 Å². The maximum atomic E-state index is 4.90. The topological polar surface area (TPSA) is 26.0 Å². The molecule has 2 nitrogen and oxygen atoms in total. The van der Waals surface area contributed by atoms with Gasteiger partial charge in [0.1, 0.15) is 12.0 Å². The number of hydrogen-bond acceptors (Lipinski definition) is 2. The molecule has 90 valence electrons. The van der Waals surface area contributed by atoms with Crippen LogP contribution in [0.1, 0.15) is 0 Å². The molecule has 1 heterocycles. The van der Waals surface area contributed by atoms with Crippen LogP contribution >= 0.6 is 0 Å². The molecule has 0 aliphatic carbocycles. The van der Waals surface area contributed by atoms with E-state index in [0.717, 1.165) is 11.3 Å². The highest BCUT2D eigenvalue weighted by molar-refractivity contribution is 5.99. The summed E-state index contributed by atoms with van der Waals surface area (Å²) in [7, 11) is 0. The van der Waals surface area contributed by atoms with Gasteiger partial charge in [-0.1, -0.05) is 41.6 Å². The SMILES string of the molecule is c1ccc2cc3cc(-c4ccon4)ccc3cc2c1. The minimum atomic E-state index is 0.870. The molecule has 2 heteroatoms. The molecule has 19 heavy (non-hydrogen) atoms. The van der Waals surface area contributed by atoms with Gasteiger partial charge in [0.15, 0.2) is 0 Å². The first-order valence-electron chi connectivity index (χ1n) is 6.23. The lowest BCUT2D eigenvalue weighted by Crippen LogP contribution is -1.80. The molecule has 0 saturated carbocycles. The Bertz CT molecular complexity index is 863. The van der Waals surface area contributed by atoms with Gasteiger partial charge in [-0.25, -0.2) is 0 Å². The summed E-state index contributed by atoms with van der Waals surface area (Å²) in [6, 6.07) is 21.1. The van der Waals surface area contributed by atoms with E-state index in [0.29, 0.717) is 0 Å². The zero-order valence-corrected chi connectivity index (χ0v) is 10.2. The monoisotopic (exact) mass is 245 g/mol. The second-order valence-electron chi connectivity index (χ2n) is 4.65. The van der Waals surface area contributed by atoms with Gasteiger partial charge in [-0.05, 0) is 39.7 Å². The highest BCUT2D eigenvalue weighted by Gasteiger charge is 2.03. The maximum absolute atomic E-state index is 4.90. The zero-order valence-electron chi connectivity index (χ0n) is 10.2. The third-order valence-corrected chi connectivity index (χ3v) is 3.44. The van der Waals surface area contributed by atoms with Crippen molar-refractivity contribution in [3.63, 3.8) is 0 Å². The average molecular weight is 245 g/mol. The summed E-state index contributed by atoms with van der Waals surface area (Å²) in [6.07, 6.45) is 1.60. The Morgan fingerprint density at radius 3 is 2.16 bits per heavy atom. The van der Waals surface area contributed by atoms with Crippen molar-refractivity contribution < 1.29 is 4.52 Å². The van der Waals surface area contributed by atoms with Gasteiger partial charge in [0.05, 0.1) is 0 Å². The van der Waals surface area contributed by atoms with Gasteiger partial charge in [-0.2, -0.15) is 0 Å². The molecule has 3 aromatic carbocycles. The smallest absolute Gasteiger partial charge is 0.124 e. The summed E-state index contributed by atoms with van der Waals surface area (Å²) < 4.78 is 4.90. The largest absolute Gasteiger partial charge is 0.364 e. The molecule has 0 aliphatic rings. The predicted octanol–water partition coefficient (Wildman–Crippen LogP) is 4.65. The molecule has 0 unspecified atom stereocenters. The summed E-state index contributed by atoms with van der Waals surface area (Å²) in [5.74, 6) is 0. The van der Waals surface area contributed by atoms with Crippen LogP contribution in [0.4, 0.5) is 0 Å². The van der Waals surface area contributed by atoms with Crippen LogP contribution in [0, 0.1) is 0 Å². The van der Waals surface area contributed by atoms with E-state index in [2.05, 4.69) is 59.8 Å². The first-order valence-corrected chi connectivity index (χ1v) is 6.23. The molecule has 1 aromatic heterocycles. The molecule has 0 spiro atoms. The molecule has 0 amide bonds. The number of aromatic nitrogens is 1. The molecule has 0 saturated heterocycles. The minimum absolute atomic E-state index is 0.870. The summed E-state index contributed by atoms with van der Waals surface area (Å²) >= 11 is 0. The Hall–Kier alpha value is -2.61. The van der Waals surface area contributed by atoms with Crippen molar-refractivity contribution in [1.82, 2.24) is 5.16 Å². The van der Waals surface area contributed by atoms with Crippen molar-refractivity contribution in [2.24, 2.45) is 0 Å². The fourth-order valence-electron chi connectivity index (χ4n) is 2.46. The summed E-state index contributed by atoms with van der Waals surface area (Å²) in [5, 5.41) is 8.97. The van der Waals surface area contributed by atoms with E-state index in [9.17, 15) is 0 Å². The van der Waals surface area contributed by atoms with E-state index in [-0.39, 0.29) is 0 Å². The predicted molar refractivity (Wildman–Crippen MR) is 77.0 cm³/mol. The second kappa shape index (κ2) is 3.95. The zero-order chi connectivity index (χ0) is 12.7. The van der Waals surface area contributed by atoms with Crippen LogP contribution in [0.15, 0.2) is 71.4 Å². The number of fused-ring (bicyclic) bond motifs is 2. The van der Waals surface area contributed by atoms with Crippen molar-refractivity contribution in [2.45, 2.75) is 0 Å². The van der Waals surface area contributed by atoms with E-state index < -0.39 is 0 Å². The normalized spacial score (nSPS) is 11.2. The van der Waals surface area contributed by atoms with Crippen LogP contribution in [0.3, 0.4) is 0 Å². The number of rotatable bonds is 1. The number of benzene rings is 3. The van der Waals surface area contributed by atoms with Crippen molar-refractivity contribution in [1.29, 1.82) is 0 Å². The molecular weight excluding hydrogens is 234 g/mol. The number of hydrogen-bond donors (Lipinski definition) is 0. The quantitative estimate of drug-likeness (QED) is 0.456. The Labute approximate surface area is 110 Å². The molecule has 0 aliphatic heterocycles. The van der Waals surface area contributed by atoms with Crippen LogP contribution < -0.4 is 0 Å². The third kappa shape index (κ3) is 1.69. The molecule has 0 N–H and O–H groups in total. The van der Waals surface area contributed by atoms with Gasteiger partial charge in [-0.15, -0.1) is 0 Å². The molecule has 0 atom stereocenters. The van der Waals surface area contributed by atoms with Crippen LogP contribution in [0.5, 0.6) is 0 Å². The van der Waals surface area contributed by atoms with Gasteiger partial charge in [0.25, 0.3) is 0 Å². The molecule has 0 radical (unpaired) electrons. The Balaban J connectivity index is 2.00. The lowest BCUT2D eigenvalue weighted by atomic mass is 10.0. The Morgan fingerprint density at radius 1 is 0.684 bits per heavy atom. The van der Waals surface area contributed by atoms with E-state index in [4.69, 9.17) is 4.52 Å². The average Bonchev–Trinajstić information content (AvgIpc) is 2.98. The molecule has 0 fully saturated rings. The van der Waals surface area contributed by atoms with Gasteiger partial charge in [0.2, 0.25) is 0 Å². The van der Waals surface area contributed by atoms with Crippen LogP contribution in [0.2, 0.25) is 0 Å². The molecule has 0 bridgehead atoms.